The van der Waals surface area contributed by atoms with Gasteiger partial charge in [0.2, 0.25) is 11.8 Å². The summed E-state index contributed by atoms with van der Waals surface area (Å²) < 4.78 is 13.6. The van der Waals surface area contributed by atoms with Crippen molar-refractivity contribution in [2.24, 2.45) is 5.92 Å². The van der Waals surface area contributed by atoms with Gasteiger partial charge < -0.3 is 10.2 Å². The van der Waals surface area contributed by atoms with E-state index in [0.717, 1.165) is 31.2 Å². The summed E-state index contributed by atoms with van der Waals surface area (Å²) in [4.78, 5) is 27.8. The van der Waals surface area contributed by atoms with Gasteiger partial charge in [0, 0.05) is 17.6 Å². The summed E-state index contributed by atoms with van der Waals surface area (Å²) in [6, 6.07) is 12.3. The molecule has 3 rings (SSSR count). The van der Waals surface area contributed by atoms with Gasteiger partial charge >= 0.3 is 0 Å². The molecule has 0 aliphatic heterocycles. The largest absolute Gasteiger partial charge is 0.351 e. The van der Waals surface area contributed by atoms with E-state index in [0.29, 0.717) is 29.5 Å². The molecule has 0 saturated heterocycles. The number of alkyl halides is 1. The van der Waals surface area contributed by atoms with Crippen LogP contribution in [0.4, 0.5) is 4.39 Å². The van der Waals surface area contributed by atoms with Crippen LogP contribution in [0, 0.1) is 11.7 Å². The van der Waals surface area contributed by atoms with Crippen molar-refractivity contribution in [1.82, 2.24) is 10.2 Å². The van der Waals surface area contributed by atoms with Crippen LogP contribution in [0.15, 0.2) is 48.5 Å². The van der Waals surface area contributed by atoms with Crippen molar-refractivity contribution in [3.63, 3.8) is 0 Å². The van der Waals surface area contributed by atoms with Crippen LogP contribution in [0.5, 0.6) is 0 Å². The normalized spacial score (nSPS) is 19.2. The Kier molecular flexibility index (Phi) is 8.94. The van der Waals surface area contributed by atoms with Crippen molar-refractivity contribution in [2.45, 2.75) is 51.1 Å². The molecule has 0 bridgehead atoms. The van der Waals surface area contributed by atoms with E-state index in [4.69, 9.17) is 23.2 Å². The third-order valence-electron chi connectivity index (χ3n) is 6.10. The zero-order valence-corrected chi connectivity index (χ0v) is 19.7. The average Bonchev–Trinajstić information content (AvgIpc) is 2.79. The highest BCUT2D eigenvalue weighted by molar-refractivity contribution is 6.30. The predicted molar refractivity (Wildman–Crippen MR) is 126 cm³/mol. The molecule has 172 valence electrons. The molecular formula is C25H29Cl2FN2O2. The smallest absolute Gasteiger partial charge is 0.247 e. The second-order valence-electron chi connectivity index (χ2n) is 8.52. The van der Waals surface area contributed by atoms with Gasteiger partial charge in [0.05, 0.1) is 0 Å². The molecule has 2 aromatic rings. The molecule has 0 spiro atoms. The number of carbonyl (C=O) groups is 2. The fourth-order valence-corrected chi connectivity index (χ4v) is 4.46. The molecule has 1 fully saturated rings. The SMILES string of the molecule is CC1CCC(NC(=O)[C@H](c2ccc(F)cc2)N(CCc2ccc(Cl)cc2)C(=O)CCl)CC1. The molecule has 32 heavy (non-hydrogen) atoms. The molecule has 1 atom stereocenters. The summed E-state index contributed by atoms with van der Waals surface area (Å²) >= 11 is 11.9. The molecule has 0 aromatic heterocycles. The molecule has 0 heterocycles. The Bertz CT molecular complexity index is 897. The van der Waals surface area contributed by atoms with Crippen LogP contribution >= 0.6 is 23.2 Å². The van der Waals surface area contributed by atoms with Gasteiger partial charge in [-0.1, -0.05) is 42.8 Å². The third-order valence-corrected chi connectivity index (χ3v) is 6.58. The van der Waals surface area contributed by atoms with Crippen molar-refractivity contribution in [2.75, 3.05) is 12.4 Å². The highest BCUT2D eigenvalue weighted by Gasteiger charge is 2.32. The number of amides is 2. The van der Waals surface area contributed by atoms with Gasteiger partial charge in [-0.15, -0.1) is 11.6 Å². The second kappa shape index (κ2) is 11.7. The van der Waals surface area contributed by atoms with Crippen LogP contribution in [-0.2, 0) is 16.0 Å². The Morgan fingerprint density at radius 2 is 1.69 bits per heavy atom. The number of carbonyl (C=O) groups excluding carboxylic acids is 2. The Balaban J connectivity index is 1.84. The van der Waals surface area contributed by atoms with Crippen LogP contribution in [0.2, 0.25) is 5.02 Å². The molecule has 7 heteroatoms. The molecule has 1 aliphatic carbocycles. The fraction of sp³-hybridized carbons (Fsp3) is 0.440. The molecule has 4 nitrogen and oxygen atoms in total. The maximum absolute atomic E-state index is 13.6. The lowest BCUT2D eigenvalue weighted by Gasteiger charge is -2.34. The molecular weight excluding hydrogens is 450 g/mol. The van der Waals surface area contributed by atoms with E-state index in [9.17, 15) is 14.0 Å². The van der Waals surface area contributed by atoms with E-state index in [1.54, 1.807) is 24.3 Å². The van der Waals surface area contributed by atoms with E-state index >= 15 is 0 Å². The molecule has 0 radical (unpaired) electrons. The maximum Gasteiger partial charge on any atom is 0.247 e. The first kappa shape index (κ1) is 24.5. The van der Waals surface area contributed by atoms with Crippen molar-refractivity contribution in [3.05, 3.63) is 70.5 Å². The lowest BCUT2D eigenvalue weighted by atomic mass is 9.87. The summed E-state index contributed by atoms with van der Waals surface area (Å²) in [7, 11) is 0. The molecule has 1 saturated carbocycles. The number of rotatable bonds is 8. The summed E-state index contributed by atoms with van der Waals surface area (Å²) in [6.45, 7) is 2.52. The van der Waals surface area contributed by atoms with Crippen LogP contribution in [0.1, 0.15) is 49.8 Å². The summed E-state index contributed by atoms with van der Waals surface area (Å²) in [5.74, 6) is -0.588. The van der Waals surface area contributed by atoms with E-state index in [2.05, 4.69) is 12.2 Å². The van der Waals surface area contributed by atoms with Gasteiger partial charge in [0.25, 0.3) is 0 Å². The number of hydrogen-bond donors (Lipinski definition) is 1. The number of benzene rings is 2. The second-order valence-corrected chi connectivity index (χ2v) is 9.22. The molecule has 1 N–H and O–H groups in total. The standard InChI is InChI=1S/C25H29Cl2FN2O2/c1-17-2-12-22(13-3-17)29-25(32)24(19-6-10-21(28)11-7-19)30(23(31)16-26)15-14-18-4-8-20(27)9-5-18/h4-11,17,22,24H,2-3,12-16H2,1H3,(H,29,32)/t17?,22?,24-/m0/s1. The molecule has 2 aromatic carbocycles. The van der Waals surface area contributed by atoms with Crippen molar-refractivity contribution >= 4 is 35.0 Å². The van der Waals surface area contributed by atoms with E-state index in [1.807, 2.05) is 12.1 Å². The third kappa shape index (κ3) is 6.69. The van der Waals surface area contributed by atoms with Crippen LogP contribution in [0.25, 0.3) is 0 Å². The molecule has 2 amide bonds. The van der Waals surface area contributed by atoms with Gasteiger partial charge in [-0.05, 0) is 73.4 Å². The van der Waals surface area contributed by atoms with Crippen molar-refractivity contribution in [1.29, 1.82) is 0 Å². The summed E-state index contributed by atoms with van der Waals surface area (Å²) in [5.41, 5.74) is 1.55. The van der Waals surface area contributed by atoms with Crippen molar-refractivity contribution < 1.29 is 14.0 Å². The number of nitrogens with zero attached hydrogens (tertiary/aromatic N) is 1. The maximum atomic E-state index is 13.6. The first-order chi connectivity index (χ1) is 15.4. The summed E-state index contributed by atoms with van der Waals surface area (Å²) in [5, 5.41) is 3.76. The topological polar surface area (TPSA) is 49.4 Å². The van der Waals surface area contributed by atoms with Gasteiger partial charge in [-0.3, -0.25) is 9.59 Å². The zero-order chi connectivity index (χ0) is 23.1. The van der Waals surface area contributed by atoms with E-state index < -0.39 is 11.9 Å². The molecule has 1 aliphatic rings. The zero-order valence-electron chi connectivity index (χ0n) is 18.2. The number of halogens is 3. The Morgan fingerprint density at radius 1 is 1.06 bits per heavy atom. The van der Waals surface area contributed by atoms with Crippen LogP contribution < -0.4 is 5.32 Å². The minimum atomic E-state index is -0.881. The first-order valence-corrected chi connectivity index (χ1v) is 11.9. The van der Waals surface area contributed by atoms with Crippen LogP contribution in [0.3, 0.4) is 0 Å². The lowest BCUT2D eigenvalue weighted by molar-refractivity contribution is -0.139. The fourth-order valence-electron chi connectivity index (χ4n) is 4.18. The van der Waals surface area contributed by atoms with Gasteiger partial charge in [-0.25, -0.2) is 4.39 Å². The molecule has 0 unspecified atom stereocenters. The van der Waals surface area contributed by atoms with Crippen LogP contribution in [-0.4, -0.2) is 35.2 Å². The lowest BCUT2D eigenvalue weighted by Crippen LogP contribution is -2.48. The Hall–Kier alpha value is -2.11. The predicted octanol–water partition coefficient (Wildman–Crippen LogP) is 5.53. The average molecular weight is 479 g/mol. The Morgan fingerprint density at radius 3 is 2.28 bits per heavy atom. The highest BCUT2D eigenvalue weighted by Crippen LogP contribution is 2.27. The first-order valence-electron chi connectivity index (χ1n) is 11.0. The number of hydrogen-bond acceptors (Lipinski definition) is 2. The van der Waals surface area contributed by atoms with E-state index in [-0.39, 0.29) is 23.7 Å². The van der Waals surface area contributed by atoms with Crippen molar-refractivity contribution in [3.8, 4) is 0 Å². The minimum Gasteiger partial charge on any atom is -0.351 e. The van der Waals surface area contributed by atoms with Gasteiger partial charge in [0.15, 0.2) is 0 Å². The van der Waals surface area contributed by atoms with E-state index in [1.165, 1.54) is 17.0 Å². The quantitative estimate of drug-likeness (QED) is 0.507. The number of nitrogens with one attached hydrogen (secondary N) is 1. The summed E-state index contributed by atoms with van der Waals surface area (Å²) in [6.07, 6.45) is 4.49. The minimum absolute atomic E-state index is 0.0749. The Labute approximate surface area is 199 Å². The van der Waals surface area contributed by atoms with Gasteiger partial charge in [-0.2, -0.15) is 0 Å². The monoisotopic (exact) mass is 478 g/mol. The van der Waals surface area contributed by atoms with Gasteiger partial charge in [0.1, 0.15) is 17.7 Å². The highest BCUT2D eigenvalue weighted by atomic mass is 35.5.